The molecular formula is C19H30F3N3O3. The molecular weight excluding hydrogens is 375 g/mol. The molecule has 1 aromatic carbocycles. The molecule has 0 aliphatic heterocycles. The van der Waals surface area contributed by atoms with E-state index in [1.807, 2.05) is 32.0 Å². The topological polar surface area (TPSA) is 64.1 Å². The predicted octanol–water partition coefficient (Wildman–Crippen LogP) is 3.04. The first-order valence-corrected chi connectivity index (χ1v) is 9.23. The van der Waals surface area contributed by atoms with Gasteiger partial charge in [-0.15, -0.1) is 0 Å². The van der Waals surface area contributed by atoms with Crippen LogP contribution in [0.3, 0.4) is 0 Å². The molecule has 6 nitrogen and oxygen atoms in total. The molecule has 0 spiro atoms. The van der Waals surface area contributed by atoms with Crippen LogP contribution in [0.5, 0.6) is 5.75 Å². The molecule has 9 heteroatoms. The lowest BCUT2D eigenvalue weighted by Gasteiger charge is -2.14. The molecule has 0 unspecified atom stereocenters. The van der Waals surface area contributed by atoms with E-state index >= 15 is 0 Å². The third-order valence-corrected chi connectivity index (χ3v) is 3.54. The summed E-state index contributed by atoms with van der Waals surface area (Å²) in [7, 11) is 1.62. The summed E-state index contributed by atoms with van der Waals surface area (Å²) < 4.78 is 51.4. The monoisotopic (exact) mass is 405 g/mol. The Kier molecular flexibility index (Phi) is 11.4. The predicted molar refractivity (Wildman–Crippen MR) is 103 cm³/mol. The van der Waals surface area contributed by atoms with E-state index in [-0.39, 0.29) is 6.61 Å². The summed E-state index contributed by atoms with van der Waals surface area (Å²) in [6.07, 6.45) is -3.85. The smallest absolute Gasteiger partial charge is 0.411 e. The van der Waals surface area contributed by atoms with Gasteiger partial charge >= 0.3 is 6.18 Å². The number of benzene rings is 1. The van der Waals surface area contributed by atoms with Crippen molar-refractivity contribution in [2.24, 2.45) is 4.99 Å². The van der Waals surface area contributed by atoms with E-state index in [9.17, 15) is 13.2 Å². The zero-order valence-corrected chi connectivity index (χ0v) is 16.7. The number of alkyl halides is 3. The number of hydrogen-bond donors (Lipinski definition) is 2. The standard InChI is InChI=1S/C19H30F3N3O3/c1-4-23-18(24-8-5-9-27-14-19(20,21)22)25-13-16-7-6-15(2)12-17(16)28-11-10-26-3/h6-7,12H,4-5,8-11,13-14H2,1-3H3,(H2,23,24,25). The quantitative estimate of drug-likeness (QED) is 0.318. The average molecular weight is 405 g/mol. The Labute approximate surface area is 164 Å². The van der Waals surface area contributed by atoms with Crippen molar-refractivity contribution in [3.05, 3.63) is 29.3 Å². The second-order valence-electron chi connectivity index (χ2n) is 6.10. The van der Waals surface area contributed by atoms with E-state index < -0.39 is 12.8 Å². The molecule has 0 aromatic heterocycles. The van der Waals surface area contributed by atoms with E-state index in [1.165, 1.54) is 0 Å². The fourth-order valence-electron chi connectivity index (χ4n) is 2.24. The molecule has 0 fully saturated rings. The van der Waals surface area contributed by atoms with Gasteiger partial charge in [0.2, 0.25) is 0 Å². The molecule has 0 amide bonds. The first-order valence-electron chi connectivity index (χ1n) is 9.23. The summed E-state index contributed by atoms with van der Waals surface area (Å²) in [6.45, 7) is 5.21. The van der Waals surface area contributed by atoms with Crippen LogP contribution in [0.25, 0.3) is 0 Å². The number of nitrogens with one attached hydrogen (secondary N) is 2. The molecule has 0 radical (unpaired) electrons. The van der Waals surface area contributed by atoms with E-state index in [4.69, 9.17) is 9.47 Å². The Morgan fingerprint density at radius 3 is 2.61 bits per heavy atom. The van der Waals surface area contributed by atoms with Crippen LogP contribution >= 0.6 is 0 Å². The number of nitrogens with zero attached hydrogens (tertiary/aromatic N) is 1. The van der Waals surface area contributed by atoms with Crippen molar-refractivity contribution in [2.45, 2.75) is 33.0 Å². The SMILES string of the molecule is CCNC(=NCc1ccc(C)cc1OCCOC)NCCCOCC(F)(F)F. The minimum atomic E-state index is -4.29. The fourth-order valence-corrected chi connectivity index (χ4v) is 2.24. The van der Waals surface area contributed by atoms with E-state index in [0.29, 0.717) is 45.2 Å². The van der Waals surface area contributed by atoms with Gasteiger partial charge in [-0.1, -0.05) is 12.1 Å². The van der Waals surface area contributed by atoms with Gasteiger partial charge in [-0.25, -0.2) is 4.99 Å². The first kappa shape index (κ1) is 24.0. The van der Waals surface area contributed by atoms with Crippen molar-refractivity contribution in [2.75, 3.05) is 46.6 Å². The van der Waals surface area contributed by atoms with Gasteiger partial charge in [-0.2, -0.15) is 13.2 Å². The van der Waals surface area contributed by atoms with Crippen molar-refractivity contribution >= 4 is 5.96 Å². The normalized spacial score (nSPS) is 12.1. The van der Waals surface area contributed by atoms with Crippen molar-refractivity contribution < 1.29 is 27.4 Å². The molecule has 0 atom stereocenters. The van der Waals surface area contributed by atoms with Crippen molar-refractivity contribution in [3.8, 4) is 5.75 Å². The maximum absolute atomic E-state index is 12.0. The van der Waals surface area contributed by atoms with Gasteiger partial charge in [0.15, 0.2) is 5.96 Å². The molecule has 0 saturated heterocycles. The average Bonchev–Trinajstić information content (AvgIpc) is 2.63. The van der Waals surface area contributed by atoms with Crippen LogP contribution in [-0.2, 0) is 16.0 Å². The van der Waals surface area contributed by atoms with Crippen LogP contribution in [0.15, 0.2) is 23.2 Å². The van der Waals surface area contributed by atoms with Crippen LogP contribution < -0.4 is 15.4 Å². The molecule has 0 saturated carbocycles. The van der Waals surface area contributed by atoms with Gasteiger partial charge in [0.05, 0.1) is 13.2 Å². The van der Waals surface area contributed by atoms with Crippen LogP contribution in [-0.4, -0.2) is 58.8 Å². The lowest BCUT2D eigenvalue weighted by molar-refractivity contribution is -0.173. The van der Waals surface area contributed by atoms with E-state index in [2.05, 4.69) is 20.4 Å². The van der Waals surface area contributed by atoms with Crippen molar-refractivity contribution in [3.63, 3.8) is 0 Å². The Morgan fingerprint density at radius 1 is 1.14 bits per heavy atom. The molecule has 0 aliphatic rings. The molecule has 0 aliphatic carbocycles. The highest BCUT2D eigenvalue weighted by atomic mass is 19.4. The van der Waals surface area contributed by atoms with Gasteiger partial charge in [0, 0.05) is 32.4 Å². The summed E-state index contributed by atoms with van der Waals surface area (Å²) in [6, 6.07) is 5.92. The highest BCUT2D eigenvalue weighted by Crippen LogP contribution is 2.21. The maximum Gasteiger partial charge on any atom is 0.411 e. The Balaban J connectivity index is 2.54. The number of guanidine groups is 1. The summed E-state index contributed by atoms with van der Waals surface area (Å²) in [5.74, 6) is 1.35. The Hall–Kier alpha value is -2.00. The van der Waals surface area contributed by atoms with Gasteiger partial charge in [-0.3, -0.25) is 0 Å². The fraction of sp³-hybridized carbons (Fsp3) is 0.632. The summed E-state index contributed by atoms with van der Waals surface area (Å²) >= 11 is 0. The molecule has 2 N–H and O–H groups in total. The third kappa shape index (κ3) is 11.0. The van der Waals surface area contributed by atoms with Gasteiger partial charge < -0.3 is 24.8 Å². The largest absolute Gasteiger partial charge is 0.491 e. The summed E-state index contributed by atoms with van der Waals surface area (Å²) in [5, 5.41) is 6.20. The Bertz CT molecular complexity index is 596. The molecule has 0 heterocycles. The number of aliphatic imine (C=N–C) groups is 1. The molecule has 28 heavy (non-hydrogen) atoms. The summed E-state index contributed by atoms with van der Waals surface area (Å²) in [5.41, 5.74) is 2.02. The number of rotatable bonds is 12. The minimum Gasteiger partial charge on any atom is -0.491 e. The van der Waals surface area contributed by atoms with Crippen LogP contribution in [0.1, 0.15) is 24.5 Å². The zero-order valence-electron chi connectivity index (χ0n) is 16.7. The van der Waals surface area contributed by atoms with Crippen LogP contribution in [0.2, 0.25) is 0 Å². The molecule has 160 valence electrons. The van der Waals surface area contributed by atoms with Crippen LogP contribution in [0.4, 0.5) is 13.2 Å². The van der Waals surface area contributed by atoms with Gasteiger partial charge in [0.25, 0.3) is 0 Å². The molecule has 0 bridgehead atoms. The second-order valence-corrected chi connectivity index (χ2v) is 6.10. The maximum atomic E-state index is 12.0. The number of methoxy groups -OCH3 is 1. The molecule has 1 aromatic rings. The third-order valence-electron chi connectivity index (χ3n) is 3.54. The number of ether oxygens (including phenoxy) is 3. The highest BCUT2D eigenvalue weighted by molar-refractivity contribution is 5.79. The molecule has 1 rings (SSSR count). The second kappa shape index (κ2) is 13.2. The van der Waals surface area contributed by atoms with Crippen LogP contribution in [0, 0.1) is 6.92 Å². The van der Waals surface area contributed by atoms with E-state index in [0.717, 1.165) is 16.9 Å². The Morgan fingerprint density at radius 2 is 1.93 bits per heavy atom. The number of hydrogen-bond acceptors (Lipinski definition) is 4. The van der Waals surface area contributed by atoms with Gasteiger partial charge in [0.1, 0.15) is 19.0 Å². The number of halogens is 3. The van der Waals surface area contributed by atoms with E-state index in [1.54, 1.807) is 7.11 Å². The zero-order chi connectivity index (χ0) is 20.8. The lowest BCUT2D eigenvalue weighted by Crippen LogP contribution is -2.38. The lowest BCUT2D eigenvalue weighted by atomic mass is 10.1. The number of aryl methyl sites for hydroxylation is 1. The van der Waals surface area contributed by atoms with Crippen molar-refractivity contribution in [1.82, 2.24) is 10.6 Å². The van der Waals surface area contributed by atoms with Gasteiger partial charge in [-0.05, 0) is 31.9 Å². The first-order chi connectivity index (χ1) is 13.4. The highest BCUT2D eigenvalue weighted by Gasteiger charge is 2.27. The van der Waals surface area contributed by atoms with Crippen molar-refractivity contribution in [1.29, 1.82) is 0 Å². The minimum absolute atomic E-state index is 0.0291. The summed E-state index contributed by atoms with van der Waals surface area (Å²) in [4.78, 5) is 4.52.